The normalized spacial score (nSPS) is 10.4. The van der Waals surface area contributed by atoms with Crippen molar-refractivity contribution in [1.82, 2.24) is 0 Å². The van der Waals surface area contributed by atoms with Crippen LogP contribution in [0.1, 0.15) is 103 Å². The summed E-state index contributed by atoms with van der Waals surface area (Å²) in [6.45, 7) is 2.30. The van der Waals surface area contributed by atoms with Crippen LogP contribution in [0.25, 0.3) is 0 Å². The zero-order chi connectivity index (χ0) is 14.0. The third-order valence-electron chi connectivity index (χ3n) is 4.21. The number of hydrogen-bond donors (Lipinski definition) is 0. The fourth-order valence-corrected chi connectivity index (χ4v) is 5.15. The zero-order valence-corrected chi connectivity index (χ0v) is 20.4. The Bertz CT molecular complexity index is 140. The van der Waals surface area contributed by atoms with Gasteiger partial charge in [0, 0.05) is 26.2 Å². The molecule has 0 atom stereocenters. The molecule has 0 saturated carbocycles. The average Bonchev–Trinajstić information content (AvgIpc) is 2.43. The summed E-state index contributed by atoms with van der Waals surface area (Å²) in [5.41, 5.74) is 0. The van der Waals surface area contributed by atoms with Crippen molar-refractivity contribution >= 4 is 23.4 Å². The molecular formula is C17H39AlSiZr. The summed E-state index contributed by atoms with van der Waals surface area (Å²) in [6, 6.07) is 0. The Morgan fingerprint density at radius 2 is 0.850 bits per heavy atom. The van der Waals surface area contributed by atoms with Crippen molar-refractivity contribution in [2.75, 3.05) is 0 Å². The predicted octanol–water partition coefficient (Wildman–Crippen LogP) is 4.99. The Morgan fingerprint density at radius 3 is 1.15 bits per heavy atom. The first-order valence-electron chi connectivity index (χ1n) is 9.41. The molecule has 0 amide bonds. The van der Waals surface area contributed by atoms with Gasteiger partial charge in [-0.3, -0.25) is 0 Å². The van der Waals surface area contributed by atoms with Gasteiger partial charge in [0.15, 0.2) is 0 Å². The van der Waals surface area contributed by atoms with Crippen molar-refractivity contribution in [2.45, 2.75) is 109 Å². The van der Waals surface area contributed by atoms with Crippen molar-refractivity contribution in [3.8, 4) is 0 Å². The zero-order valence-electron chi connectivity index (χ0n) is 14.5. The molecule has 0 spiro atoms. The molecule has 0 unspecified atom stereocenters. The van der Waals surface area contributed by atoms with Gasteiger partial charge in [-0.05, 0) is 8.80 Å². The van der Waals surface area contributed by atoms with Crippen LogP contribution in [0.2, 0.25) is 5.28 Å². The minimum Gasteiger partial charge on any atom is -0.101 e. The van der Waals surface area contributed by atoms with Crippen LogP contribution in [0, 0.1) is 0 Å². The first kappa shape index (κ1) is 23.9. The summed E-state index contributed by atoms with van der Waals surface area (Å²) in [6.07, 6.45) is 22.4. The van der Waals surface area contributed by atoms with E-state index in [4.69, 9.17) is 0 Å². The minimum atomic E-state index is 0. The van der Waals surface area contributed by atoms with E-state index in [0.717, 1.165) is 0 Å². The molecule has 0 heterocycles. The number of rotatable bonds is 16. The van der Waals surface area contributed by atoms with Crippen LogP contribution in [0.3, 0.4) is 0 Å². The summed E-state index contributed by atoms with van der Waals surface area (Å²) in [5, 5.41) is 1.64. The molecule has 0 N–H and O–H groups in total. The monoisotopic (exact) mass is 388 g/mol. The maximum absolute atomic E-state index is 2.30. The minimum absolute atomic E-state index is 0. The molecule has 20 heavy (non-hydrogen) atoms. The number of unbranched alkanes of at least 4 members (excludes halogenated alkanes) is 14. The van der Waals surface area contributed by atoms with E-state index < -0.39 is 0 Å². The third kappa shape index (κ3) is 21.9. The topological polar surface area (TPSA) is 0 Å². The SMILES string of the molecule is CCCCCCCCCCCCCCCC[CH2][AlH][SiH3].[Zr]. The van der Waals surface area contributed by atoms with Gasteiger partial charge >= 0.3 is 0 Å². The van der Waals surface area contributed by atoms with Gasteiger partial charge in [0.25, 0.3) is 0 Å². The van der Waals surface area contributed by atoms with Gasteiger partial charge in [-0.1, -0.05) is 103 Å². The molecule has 0 aromatic rings. The van der Waals surface area contributed by atoms with Crippen LogP contribution in [-0.4, -0.2) is 23.4 Å². The third-order valence-corrected chi connectivity index (χ3v) is 7.54. The van der Waals surface area contributed by atoms with Gasteiger partial charge in [-0.15, -0.1) is 5.28 Å². The van der Waals surface area contributed by atoms with Crippen LogP contribution in [-0.2, 0) is 26.2 Å². The number of hydrogen-bond acceptors (Lipinski definition) is 0. The first-order chi connectivity index (χ1) is 9.41. The van der Waals surface area contributed by atoms with Gasteiger partial charge in [-0.25, -0.2) is 0 Å². The van der Waals surface area contributed by atoms with E-state index in [1.165, 1.54) is 89.9 Å². The molecule has 3 heteroatoms. The van der Waals surface area contributed by atoms with Gasteiger partial charge in [0.1, 0.15) is 0 Å². The molecule has 0 rings (SSSR count). The van der Waals surface area contributed by atoms with E-state index in [-0.39, 0.29) is 26.2 Å². The van der Waals surface area contributed by atoms with Crippen molar-refractivity contribution in [3.63, 3.8) is 0 Å². The summed E-state index contributed by atoms with van der Waals surface area (Å²) in [7, 11) is 1.55. The van der Waals surface area contributed by atoms with Gasteiger partial charge < -0.3 is 0 Å². The van der Waals surface area contributed by atoms with Crippen LogP contribution >= 0.6 is 0 Å². The van der Waals surface area contributed by atoms with E-state index in [9.17, 15) is 0 Å². The Hall–Kier alpha value is 1.63. The molecule has 0 nitrogen and oxygen atoms in total. The molecular weight excluding hydrogens is 350 g/mol. The fraction of sp³-hybridized carbons (Fsp3) is 1.00. The van der Waals surface area contributed by atoms with Crippen molar-refractivity contribution in [2.24, 2.45) is 0 Å². The van der Waals surface area contributed by atoms with Gasteiger partial charge in [0.05, 0.1) is 0 Å². The second kappa shape index (κ2) is 22.9. The van der Waals surface area contributed by atoms with Gasteiger partial charge in [-0.2, -0.15) is 0 Å². The second-order valence-electron chi connectivity index (χ2n) is 6.30. The van der Waals surface area contributed by atoms with E-state index in [1.54, 1.807) is 20.5 Å². The fourth-order valence-electron chi connectivity index (χ4n) is 2.80. The van der Waals surface area contributed by atoms with Crippen LogP contribution in [0.5, 0.6) is 0 Å². The largest absolute Gasteiger partial charge is 0.217 e. The van der Waals surface area contributed by atoms with Crippen LogP contribution in [0.15, 0.2) is 0 Å². The smallest absolute Gasteiger partial charge is 0.101 e. The van der Waals surface area contributed by atoms with Crippen LogP contribution in [0.4, 0.5) is 0 Å². The summed E-state index contributed by atoms with van der Waals surface area (Å²) in [4.78, 5) is 0. The molecule has 0 aromatic heterocycles. The molecule has 0 aliphatic carbocycles. The molecule has 0 aromatic carbocycles. The van der Waals surface area contributed by atoms with Gasteiger partial charge in [0.2, 0.25) is 14.6 Å². The molecule has 0 saturated heterocycles. The molecule has 118 valence electrons. The maximum atomic E-state index is 2.30. The Balaban J connectivity index is 0. The Morgan fingerprint density at radius 1 is 0.550 bits per heavy atom. The van der Waals surface area contributed by atoms with Crippen molar-refractivity contribution in [1.29, 1.82) is 0 Å². The average molecular weight is 390 g/mol. The summed E-state index contributed by atoms with van der Waals surface area (Å²) < 4.78 is 0. The molecule has 0 fully saturated rings. The second-order valence-corrected chi connectivity index (χ2v) is 11.0. The summed E-state index contributed by atoms with van der Waals surface area (Å²) >= 11 is 0.490. The first-order valence-corrected chi connectivity index (χ1v) is 16.1. The molecule has 0 radical (unpaired) electrons. The maximum Gasteiger partial charge on any atom is 0.217 e. The van der Waals surface area contributed by atoms with E-state index in [1.807, 2.05) is 0 Å². The quantitative estimate of drug-likeness (QED) is 0.258. The van der Waals surface area contributed by atoms with E-state index in [0.29, 0.717) is 14.6 Å². The summed E-state index contributed by atoms with van der Waals surface area (Å²) in [5.74, 6) is 0. The molecule has 0 bridgehead atoms. The van der Waals surface area contributed by atoms with Crippen molar-refractivity contribution < 1.29 is 26.2 Å². The molecule has 0 aliphatic rings. The van der Waals surface area contributed by atoms with E-state index in [2.05, 4.69) is 6.92 Å². The standard InChI is InChI=1S/C17H35.Al.H3Si.Zr.H/c1-3-5-7-9-11-13-15-17-16-14-12-10-8-6-4-2;;;;/h1,3-17H2,2H3;;1H3;;. The predicted molar refractivity (Wildman–Crippen MR) is 96.8 cm³/mol. The van der Waals surface area contributed by atoms with Crippen LogP contribution < -0.4 is 0 Å². The Labute approximate surface area is 157 Å². The Kier molecular flexibility index (Phi) is 27.4. The molecule has 0 aliphatic heterocycles. The van der Waals surface area contributed by atoms with E-state index >= 15 is 0 Å². The van der Waals surface area contributed by atoms with Crippen molar-refractivity contribution in [3.05, 3.63) is 0 Å².